The van der Waals surface area contributed by atoms with Crippen LogP contribution in [0.25, 0.3) is 0 Å². The fourth-order valence-corrected chi connectivity index (χ4v) is 5.17. The fourth-order valence-electron chi connectivity index (χ4n) is 3.24. The maximum atomic E-state index is 13.0. The van der Waals surface area contributed by atoms with E-state index in [1.165, 1.54) is 11.0 Å². The Balaban J connectivity index is 1.79. The van der Waals surface area contributed by atoms with Crippen LogP contribution in [0.3, 0.4) is 0 Å². The second-order valence-corrected chi connectivity index (χ2v) is 9.34. The summed E-state index contributed by atoms with van der Waals surface area (Å²) in [6.45, 7) is -0.301. The largest absolute Gasteiger partial charge is 0.417 e. The van der Waals surface area contributed by atoms with Gasteiger partial charge in [-0.1, -0.05) is 29.8 Å². The molecule has 0 bridgehead atoms. The summed E-state index contributed by atoms with van der Waals surface area (Å²) in [5, 5.41) is 2.25. The first-order valence-corrected chi connectivity index (χ1v) is 10.9. The van der Waals surface area contributed by atoms with Gasteiger partial charge in [-0.2, -0.15) is 13.2 Å². The molecule has 2 aromatic carbocycles. The van der Waals surface area contributed by atoms with Gasteiger partial charge in [0.1, 0.15) is 0 Å². The van der Waals surface area contributed by atoms with Gasteiger partial charge >= 0.3 is 6.18 Å². The number of carbonyl (C=O) groups is 1. The number of carbonyl (C=O) groups excluding carboxylic acids is 1. The van der Waals surface area contributed by atoms with Crippen molar-refractivity contribution in [1.29, 1.82) is 0 Å². The lowest BCUT2D eigenvalue weighted by atomic mass is 10.1. The molecule has 3 rings (SSSR count). The lowest BCUT2D eigenvalue weighted by molar-refractivity contribution is -0.137. The number of hydrogen-bond donors (Lipinski definition) is 1. The van der Waals surface area contributed by atoms with Gasteiger partial charge in [0.15, 0.2) is 9.84 Å². The number of sulfone groups is 1. The number of rotatable bonds is 5. The number of hydrogen-bond acceptors (Lipinski definition) is 4. The second kappa shape index (κ2) is 8.23. The molecule has 0 unspecified atom stereocenters. The van der Waals surface area contributed by atoms with E-state index >= 15 is 0 Å². The number of anilines is 2. The van der Waals surface area contributed by atoms with Crippen molar-refractivity contribution in [2.45, 2.75) is 18.6 Å². The Labute approximate surface area is 171 Å². The van der Waals surface area contributed by atoms with E-state index in [4.69, 9.17) is 11.6 Å². The van der Waals surface area contributed by atoms with Crippen molar-refractivity contribution in [3.05, 3.63) is 59.1 Å². The topological polar surface area (TPSA) is 66.5 Å². The molecule has 0 aromatic heterocycles. The van der Waals surface area contributed by atoms with Gasteiger partial charge in [-0.05, 0) is 36.8 Å². The average Bonchev–Trinajstić information content (AvgIpc) is 3.00. The summed E-state index contributed by atoms with van der Waals surface area (Å²) in [7, 11) is -3.23. The van der Waals surface area contributed by atoms with E-state index in [1.54, 1.807) is 30.3 Å². The number of nitrogens with one attached hydrogen (secondary N) is 1. The molecule has 0 saturated carbocycles. The zero-order valence-electron chi connectivity index (χ0n) is 15.1. The van der Waals surface area contributed by atoms with E-state index in [2.05, 4.69) is 5.32 Å². The maximum absolute atomic E-state index is 13.0. The summed E-state index contributed by atoms with van der Waals surface area (Å²) >= 11 is 5.61. The highest BCUT2D eigenvalue weighted by atomic mass is 35.5. The molecular weight excluding hydrogens is 429 g/mol. The molecule has 0 aliphatic carbocycles. The number of alkyl halides is 3. The predicted octanol–water partition coefficient (Wildman–Crippen LogP) is 3.99. The predicted molar refractivity (Wildman–Crippen MR) is 106 cm³/mol. The molecule has 0 radical (unpaired) electrons. The van der Waals surface area contributed by atoms with E-state index in [9.17, 15) is 26.4 Å². The molecule has 1 N–H and O–H groups in total. The smallest absolute Gasteiger partial charge is 0.376 e. The zero-order valence-corrected chi connectivity index (χ0v) is 16.7. The summed E-state index contributed by atoms with van der Waals surface area (Å²) in [5.74, 6) is -0.595. The lowest BCUT2D eigenvalue weighted by Crippen LogP contribution is -2.44. The minimum Gasteiger partial charge on any atom is -0.376 e. The maximum Gasteiger partial charge on any atom is 0.417 e. The summed E-state index contributed by atoms with van der Waals surface area (Å²) < 4.78 is 62.8. The third-order valence-corrected chi connectivity index (χ3v) is 6.67. The van der Waals surface area contributed by atoms with Crippen LogP contribution in [0.5, 0.6) is 0 Å². The molecule has 1 saturated heterocycles. The van der Waals surface area contributed by atoms with Gasteiger partial charge in [-0.15, -0.1) is 0 Å². The first-order chi connectivity index (χ1) is 13.6. The van der Waals surface area contributed by atoms with E-state index in [-0.39, 0.29) is 23.7 Å². The van der Waals surface area contributed by atoms with E-state index < -0.39 is 38.5 Å². The minimum absolute atomic E-state index is 0.00612. The number of amides is 1. The molecule has 156 valence electrons. The van der Waals surface area contributed by atoms with Crippen LogP contribution < -0.4 is 10.2 Å². The van der Waals surface area contributed by atoms with Crippen molar-refractivity contribution in [2.75, 3.05) is 28.3 Å². The molecule has 5 nitrogen and oxygen atoms in total. The van der Waals surface area contributed by atoms with Crippen LogP contribution in [-0.4, -0.2) is 38.4 Å². The highest BCUT2D eigenvalue weighted by Crippen LogP contribution is 2.36. The Kier molecular flexibility index (Phi) is 6.09. The average molecular weight is 447 g/mol. The van der Waals surface area contributed by atoms with Gasteiger partial charge < -0.3 is 10.2 Å². The van der Waals surface area contributed by atoms with Crippen LogP contribution in [0, 0.1) is 0 Å². The Morgan fingerprint density at radius 3 is 2.45 bits per heavy atom. The van der Waals surface area contributed by atoms with Gasteiger partial charge in [0.2, 0.25) is 5.91 Å². The molecule has 29 heavy (non-hydrogen) atoms. The van der Waals surface area contributed by atoms with Gasteiger partial charge in [0.25, 0.3) is 0 Å². The monoisotopic (exact) mass is 446 g/mol. The second-order valence-electron chi connectivity index (χ2n) is 6.70. The highest BCUT2D eigenvalue weighted by Gasteiger charge is 2.36. The number of halogens is 4. The molecule has 1 fully saturated rings. The normalized spacial score (nSPS) is 18.4. The molecule has 1 aliphatic heterocycles. The Morgan fingerprint density at radius 1 is 1.17 bits per heavy atom. The van der Waals surface area contributed by atoms with Crippen LogP contribution in [0.15, 0.2) is 48.5 Å². The fraction of sp³-hybridized carbons (Fsp3) is 0.316. The van der Waals surface area contributed by atoms with Crippen molar-refractivity contribution >= 4 is 38.7 Å². The molecule has 1 aliphatic rings. The van der Waals surface area contributed by atoms with Crippen LogP contribution in [0.2, 0.25) is 5.02 Å². The van der Waals surface area contributed by atoms with Gasteiger partial charge in [0.05, 0.1) is 34.7 Å². The van der Waals surface area contributed by atoms with Crippen LogP contribution >= 0.6 is 11.6 Å². The number of nitrogens with zero attached hydrogens (tertiary/aromatic N) is 1. The van der Waals surface area contributed by atoms with Crippen molar-refractivity contribution in [1.82, 2.24) is 0 Å². The van der Waals surface area contributed by atoms with Crippen molar-refractivity contribution in [3.63, 3.8) is 0 Å². The third-order valence-electron chi connectivity index (χ3n) is 4.59. The number of benzene rings is 2. The summed E-state index contributed by atoms with van der Waals surface area (Å²) in [6.07, 6.45) is -4.31. The molecule has 10 heteroatoms. The third kappa shape index (κ3) is 5.22. The molecule has 0 spiro atoms. The SMILES string of the molecule is O=C(CNc1ccc(Cl)c(C(F)(F)F)c1)N(c1ccccc1)[C@H]1CCS(=O)(=O)C1. The van der Waals surface area contributed by atoms with Crippen LogP contribution in [0.4, 0.5) is 24.5 Å². The number of para-hydroxylation sites is 1. The Morgan fingerprint density at radius 2 is 1.86 bits per heavy atom. The Bertz CT molecular complexity index is 998. The molecule has 1 heterocycles. The summed E-state index contributed by atoms with van der Waals surface area (Å²) in [5.41, 5.74) is -0.381. The summed E-state index contributed by atoms with van der Waals surface area (Å²) in [6, 6.07) is 11.4. The molecular formula is C19H18ClF3N2O3S. The highest BCUT2D eigenvalue weighted by molar-refractivity contribution is 7.91. The summed E-state index contributed by atoms with van der Waals surface area (Å²) in [4.78, 5) is 14.3. The van der Waals surface area contributed by atoms with Crippen molar-refractivity contribution in [2.24, 2.45) is 0 Å². The van der Waals surface area contributed by atoms with Crippen LogP contribution in [0.1, 0.15) is 12.0 Å². The van der Waals surface area contributed by atoms with Crippen LogP contribution in [-0.2, 0) is 20.8 Å². The molecule has 1 atom stereocenters. The minimum atomic E-state index is -4.62. The first-order valence-electron chi connectivity index (χ1n) is 8.75. The van der Waals surface area contributed by atoms with E-state index in [0.29, 0.717) is 12.1 Å². The van der Waals surface area contributed by atoms with Crippen molar-refractivity contribution < 1.29 is 26.4 Å². The Hall–Kier alpha value is -2.26. The van der Waals surface area contributed by atoms with Crippen molar-refractivity contribution in [3.8, 4) is 0 Å². The van der Waals surface area contributed by atoms with Gasteiger partial charge in [0, 0.05) is 11.4 Å². The van der Waals surface area contributed by atoms with Gasteiger partial charge in [-0.3, -0.25) is 4.79 Å². The van der Waals surface area contributed by atoms with Gasteiger partial charge in [-0.25, -0.2) is 8.42 Å². The lowest BCUT2D eigenvalue weighted by Gasteiger charge is -2.28. The van der Waals surface area contributed by atoms with E-state index in [0.717, 1.165) is 12.1 Å². The molecule has 2 aromatic rings. The first kappa shape index (κ1) is 21.4. The molecule has 1 amide bonds. The zero-order chi connectivity index (χ0) is 21.2. The standard InChI is InChI=1S/C19H18ClF3N2O3S/c20-17-7-6-13(10-16(17)19(21,22)23)24-11-18(26)25(14-4-2-1-3-5-14)15-8-9-29(27,28)12-15/h1-7,10,15,24H,8-9,11-12H2/t15-/m0/s1. The quantitative estimate of drug-likeness (QED) is 0.754. The van der Waals surface area contributed by atoms with E-state index in [1.807, 2.05) is 0 Å².